The number of thiocarbonyl (C=S) groups is 1. The zero-order chi connectivity index (χ0) is 13.8. The number of nitrogens with two attached hydrogens (primary N) is 1. The van der Waals surface area contributed by atoms with Crippen LogP contribution in [-0.4, -0.2) is 30.1 Å². The SMILES string of the molecule is COc1ccccc1C(C(N)=S)N1CCCC(C)C1. The molecule has 1 saturated heterocycles. The fourth-order valence-electron chi connectivity index (χ4n) is 2.88. The van der Waals surface area contributed by atoms with Crippen LogP contribution in [0, 0.1) is 5.92 Å². The van der Waals surface area contributed by atoms with Crippen molar-refractivity contribution < 1.29 is 4.74 Å². The third-order valence-electron chi connectivity index (χ3n) is 3.76. The highest BCUT2D eigenvalue weighted by Gasteiger charge is 2.28. The molecule has 1 aliphatic rings. The van der Waals surface area contributed by atoms with Gasteiger partial charge in [-0.25, -0.2) is 0 Å². The Hall–Kier alpha value is -1.13. The molecular weight excluding hydrogens is 256 g/mol. The van der Waals surface area contributed by atoms with Crippen LogP contribution in [0.15, 0.2) is 24.3 Å². The third-order valence-corrected chi connectivity index (χ3v) is 3.98. The average molecular weight is 278 g/mol. The summed E-state index contributed by atoms with van der Waals surface area (Å²) >= 11 is 5.31. The average Bonchev–Trinajstić information content (AvgIpc) is 2.39. The molecule has 0 aliphatic carbocycles. The highest BCUT2D eigenvalue weighted by molar-refractivity contribution is 7.80. The van der Waals surface area contributed by atoms with Crippen molar-refractivity contribution in [3.05, 3.63) is 29.8 Å². The molecular formula is C15H22N2OS. The highest BCUT2D eigenvalue weighted by atomic mass is 32.1. The monoisotopic (exact) mass is 278 g/mol. The van der Waals surface area contributed by atoms with Gasteiger partial charge in [-0.1, -0.05) is 37.3 Å². The van der Waals surface area contributed by atoms with Gasteiger partial charge < -0.3 is 10.5 Å². The zero-order valence-corrected chi connectivity index (χ0v) is 12.5. The first kappa shape index (κ1) is 14.3. The second-order valence-electron chi connectivity index (χ2n) is 5.29. The van der Waals surface area contributed by atoms with Gasteiger partial charge in [0.05, 0.1) is 18.1 Å². The minimum Gasteiger partial charge on any atom is -0.496 e. The molecule has 1 aromatic rings. The van der Waals surface area contributed by atoms with Crippen LogP contribution >= 0.6 is 12.2 Å². The summed E-state index contributed by atoms with van der Waals surface area (Å²) in [5.74, 6) is 1.55. The number of methoxy groups -OCH3 is 1. The van der Waals surface area contributed by atoms with E-state index < -0.39 is 0 Å². The largest absolute Gasteiger partial charge is 0.496 e. The molecule has 1 heterocycles. The summed E-state index contributed by atoms with van der Waals surface area (Å²) in [6.07, 6.45) is 2.49. The molecule has 0 spiro atoms. The number of nitrogens with zero attached hydrogens (tertiary/aromatic N) is 1. The van der Waals surface area contributed by atoms with Gasteiger partial charge in [0.25, 0.3) is 0 Å². The van der Waals surface area contributed by atoms with Crippen molar-refractivity contribution >= 4 is 17.2 Å². The standard InChI is InChI=1S/C15H22N2OS/c1-11-6-5-9-17(10-11)14(15(16)19)12-7-3-4-8-13(12)18-2/h3-4,7-8,11,14H,5-6,9-10H2,1-2H3,(H2,16,19). The number of para-hydroxylation sites is 1. The van der Waals surface area contributed by atoms with Gasteiger partial charge in [-0.3, -0.25) is 4.90 Å². The molecule has 19 heavy (non-hydrogen) atoms. The van der Waals surface area contributed by atoms with E-state index in [-0.39, 0.29) is 6.04 Å². The molecule has 0 bridgehead atoms. The van der Waals surface area contributed by atoms with Crippen LogP contribution in [0.3, 0.4) is 0 Å². The van der Waals surface area contributed by atoms with Crippen LogP contribution in [0.5, 0.6) is 5.75 Å². The Morgan fingerprint density at radius 1 is 1.47 bits per heavy atom. The summed E-state index contributed by atoms with van der Waals surface area (Å²) in [4.78, 5) is 2.91. The minimum absolute atomic E-state index is 0.0195. The molecule has 0 saturated carbocycles. The Balaban J connectivity index is 2.31. The summed E-state index contributed by atoms with van der Waals surface area (Å²) in [7, 11) is 1.69. The molecule has 1 aliphatic heterocycles. The maximum Gasteiger partial charge on any atom is 0.124 e. The molecule has 2 atom stereocenters. The van der Waals surface area contributed by atoms with Crippen LogP contribution in [0.2, 0.25) is 0 Å². The molecule has 1 aromatic carbocycles. The molecule has 2 N–H and O–H groups in total. The summed E-state index contributed by atoms with van der Waals surface area (Å²) in [5, 5.41) is 0. The Morgan fingerprint density at radius 2 is 2.21 bits per heavy atom. The van der Waals surface area contributed by atoms with Gasteiger partial charge in [-0.05, 0) is 31.4 Å². The Bertz CT molecular complexity index is 450. The molecule has 0 amide bonds. The second-order valence-corrected chi connectivity index (χ2v) is 5.76. The van der Waals surface area contributed by atoms with Crippen LogP contribution in [0.4, 0.5) is 0 Å². The van der Waals surface area contributed by atoms with Crippen molar-refractivity contribution in [2.24, 2.45) is 11.7 Å². The molecule has 0 aromatic heterocycles. The van der Waals surface area contributed by atoms with E-state index in [4.69, 9.17) is 22.7 Å². The fourth-order valence-corrected chi connectivity index (χ4v) is 3.16. The predicted octanol–water partition coefficient (Wildman–Crippen LogP) is 2.75. The first-order chi connectivity index (χ1) is 9.13. The van der Waals surface area contributed by atoms with E-state index in [1.54, 1.807) is 7.11 Å². The maximum atomic E-state index is 6.00. The summed E-state index contributed by atoms with van der Waals surface area (Å²) in [6.45, 7) is 4.37. The lowest BCUT2D eigenvalue weighted by Crippen LogP contribution is -2.42. The number of rotatable bonds is 4. The Morgan fingerprint density at radius 3 is 2.84 bits per heavy atom. The van der Waals surface area contributed by atoms with E-state index in [2.05, 4.69) is 17.9 Å². The quantitative estimate of drug-likeness (QED) is 0.860. The zero-order valence-electron chi connectivity index (χ0n) is 11.6. The maximum absolute atomic E-state index is 6.00. The van der Waals surface area contributed by atoms with Gasteiger partial charge in [-0.2, -0.15) is 0 Å². The Kier molecular flexibility index (Phi) is 4.77. The van der Waals surface area contributed by atoms with Crippen molar-refractivity contribution in [3.63, 3.8) is 0 Å². The lowest BCUT2D eigenvalue weighted by Gasteiger charge is -2.37. The van der Waals surface area contributed by atoms with Crippen molar-refractivity contribution in [2.75, 3.05) is 20.2 Å². The molecule has 4 heteroatoms. The number of hydrogen-bond donors (Lipinski definition) is 1. The van der Waals surface area contributed by atoms with Gasteiger partial charge in [-0.15, -0.1) is 0 Å². The van der Waals surface area contributed by atoms with Gasteiger partial charge in [0.2, 0.25) is 0 Å². The van der Waals surface area contributed by atoms with Gasteiger partial charge >= 0.3 is 0 Å². The topological polar surface area (TPSA) is 38.5 Å². The van der Waals surface area contributed by atoms with E-state index in [1.165, 1.54) is 12.8 Å². The van der Waals surface area contributed by atoms with E-state index in [0.717, 1.165) is 24.4 Å². The van der Waals surface area contributed by atoms with Crippen LogP contribution in [0.1, 0.15) is 31.4 Å². The van der Waals surface area contributed by atoms with Crippen LogP contribution < -0.4 is 10.5 Å². The molecule has 3 nitrogen and oxygen atoms in total. The van der Waals surface area contributed by atoms with E-state index >= 15 is 0 Å². The van der Waals surface area contributed by atoms with Crippen LogP contribution in [-0.2, 0) is 0 Å². The van der Waals surface area contributed by atoms with E-state index in [1.807, 2.05) is 18.2 Å². The summed E-state index contributed by atoms with van der Waals surface area (Å²) in [5.41, 5.74) is 7.08. The lowest BCUT2D eigenvalue weighted by molar-refractivity contribution is 0.160. The third kappa shape index (κ3) is 3.25. The summed E-state index contributed by atoms with van der Waals surface area (Å²) in [6, 6.07) is 7.98. The van der Waals surface area contributed by atoms with Crippen LogP contribution in [0.25, 0.3) is 0 Å². The fraction of sp³-hybridized carbons (Fsp3) is 0.533. The molecule has 1 fully saturated rings. The lowest BCUT2D eigenvalue weighted by atomic mass is 9.95. The van der Waals surface area contributed by atoms with Gasteiger partial charge in [0.15, 0.2) is 0 Å². The molecule has 104 valence electrons. The van der Waals surface area contributed by atoms with Crippen molar-refractivity contribution in [1.82, 2.24) is 4.90 Å². The van der Waals surface area contributed by atoms with Crippen molar-refractivity contribution in [2.45, 2.75) is 25.8 Å². The summed E-state index contributed by atoms with van der Waals surface area (Å²) < 4.78 is 5.45. The number of ether oxygens (including phenoxy) is 1. The minimum atomic E-state index is -0.0195. The van der Waals surface area contributed by atoms with Crippen molar-refractivity contribution in [1.29, 1.82) is 0 Å². The Labute approximate surface area is 120 Å². The van der Waals surface area contributed by atoms with Gasteiger partial charge in [0, 0.05) is 12.1 Å². The highest BCUT2D eigenvalue weighted by Crippen LogP contribution is 2.32. The van der Waals surface area contributed by atoms with E-state index in [0.29, 0.717) is 10.9 Å². The number of piperidine rings is 1. The smallest absolute Gasteiger partial charge is 0.124 e. The number of likely N-dealkylation sites (tertiary alicyclic amines) is 1. The normalized spacial score (nSPS) is 21.9. The molecule has 2 unspecified atom stereocenters. The molecule has 2 rings (SSSR count). The number of benzene rings is 1. The predicted molar refractivity (Wildman–Crippen MR) is 82.5 cm³/mol. The first-order valence-corrected chi connectivity index (χ1v) is 7.20. The van der Waals surface area contributed by atoms with E-state index in [9.17, 15) is 0 Å². The first-order valence-electron chi connectivity index (χ1n) is 6.79. The molecule has 0 radical (unpaired) electrons. The van der Waals surface area contributed by atoms with Crippen molar-refractivity contribution in [3.8, 4) is 5.75 Å². The van der Waals surface area contributed by atoms with Gasteiger partial charge in [0.1, 0.15) is 5.75 Å². The second kappa shape index (κ2) is 6.35. The number of hydrogen-bond acceptors (Lipinski definition) is 3.